The minimum atomic E-state index is -3.14. The number of benzene rings is 1. The van der Waals surface area contributed by atoms with Gasteiger partial charge in [0.2, 0.25) is 0 Å². The number of carbonyl (C=O) groups is 1. The van der Waals surface area contributed by atoms with Gasteiger partial charge < -0.3 is 4.90 Å². The van der Waals surface area contributed by atoms with Crippen molar-refractivity contribution in [3.05, 3.63) is 75.0 Å². The van der Waals surface area contributed by atoms with Gasteiger partial charge in [-0.15, -0.1) is 11.3 Å². The summed E-state index contributed by atoms with van der Waals surface area (Å²) < 4.78 is 44.5. The van der Waals surface area contributed by atoms with Gasteiger partial charge in [-0.25, -0.2) is 4.39 Å². The monoisotopic (exact) mass is 479 g/mol. The number of aryl methyl sites for hydroxylation is 1. The van der Waals surface area contributed by atoms with Gasteiger partial charge in [0.05, 0.1) is 10.9 Å². The van der Waals surface area contributed by atoms with Crippen LogP contribution >= 0.6 is 22.9 Å². The maximum Gasteiger partial charge on any atom is 0.289 e. The molecule has 0 spiro atoms. The molecule has 0 N–H and O–H groups in total. The number of rotatable bonds is 5. The second-order valence-corrected chi connectivity index (χ2v) is 9.56. The lowest BCUT2D eigenvalue weighted by molar-refractivity contribution is -0.129. The van der Waals surface area contributed by atoms with E-state index in [-0.39, 0.29) is 24.7 Å². The van der Waals surface area contributed by atoms with Gasteiger partial charge in [-0.1, -0.05) is 42.4 Å². The molecule has 1 atom stereocenters. The van der Waals surface area contributed by atoms with Gasteiger partial charge in [0.25, 0.3) is 11.8 Å². The Morgan fingerprint density at radius 3 is 2.69 bits per heavy atom. The third-order valence-electron chi connectivity index (χ3n) is 5.57. The van der Waals surface area contributed by atoms with Crippen LogP contribution in [0.1, 0.15) is 41.5 Å². The summed E-state index contributed by atoms with van der Waals surface area (Å²) in [6.07, 6.45) is 1.61. The van der Waals surface area contributed by atoms with Gasteiger partial charge in [-0.2, -0.15) is 13.9 Å². The van der Waals surface area contributed by atoms with Crippen molar-refractivity contribution in [1.82, 2.24) is 14.7 Å². The fourth-order valence-electron chi connectivity index (χ4n) is 4.13. The Labute approximate surface area is 192 Å². The van der Waals surface area contributed by atoms with Gasteiger partial charge in [0.1, 0.15) is 5.69 Å². The molecular formula is C23H21ClF3N3OS. The van der Waals surface area contributed by atoms with Crippen molar-refractivity contribution in [2.75, 3.05) is 6.54 Å². The topological polar surface area (TPSA) is 38.1 Å². The molecule has 9 heteroatoms. The average molecular weight is 480 g/mol. The number of carbonyl (C=O) groups excluding carboxylic acids is 1. The molecule has 1 aliphatic rings. The molecule has 1 aliphatic heterocycles. The Morgan fingerprint density at radius 2 is 2.03 bits per heavy atom. The molecule has 0 saturated heterocycles. The maximum absolute atomic E-state index is 14.4. The summed E-state index contributed by atoms with van der Waals surface area (Å²) in [5.41, 5.74) is 2.27. The van der Waals surface area contributed by atoms with Crippen LogP contribution in [0.3, 0.4) is 0 Å². The number of alkyl halides is 2. The van der Waals surface area contributed by atoms with Crippen molar-refractivity contribution < 1.29 is 18.0 Å². The smallest absolute Gasteiger partial charge is 0.289 e. The molecule has 4 rings (SSSR count). The Hall–Kier alpha value is -2.58. The van der Waals surface area contributed by atoms with Crippen LogP contribution in [0.4, 0.5) is 13.2 Å². The van der Waals surface area contributed by atoms with Crippen LogP contribution in [0.15, 0.2) is 48.9 Å². The SMILES string of the molecule is C=C(F)C(=O)N1Cc2sc(Cl)cc2[C@H](c2ccccc2-c2cn(CC)nc2C(C)(F)F)C1. The quantitative estimate of drug-likeness (QED) is 0.400. The molecule has 2 aromatic heterocycles. The number of thiophene rings is 1. The molecule has 0 unspecified atom stereocenters. The number of amides is 1. The molecule has 0 fully saturated rings. The third kappa shape index (κ3) is 4.09. The minimum absolute atomic E-state index is 0.179. The van der Waals surface area contributed by atoms with Gasteiger partial charge in [-0.05, 0) is 29.7 Å². The summed E-state index contributed by atoms with van der Waals surface area (Å²) in [5, 5.41) is 4.10. The predicted molar refractivity (Wildman–Crippen MR) is 120 cm³/mol. The predicted octanol–water partition coefficient (Wildman–Crippen LogP) is 6.35. The van der Waals surface area contributed by atoms with E-state index in [1.54, 1.807) is 18.3 Å². The van der Waals surface area contributed by atoms with E-state index < -0.39 is 17.7 Å². The summed E-state index contributed by atoms with van der Waals surface area (Å²) in [6, 6.07) is 9.03. The number of fused-ring (bicyclic) bond motifs is 1. The zero-order chi connectivity index (χ0) is 23.2. The van der Waals surface area contributed by atoms with E-state index in [9.17, 15) is 18.0 Å². The highest BCUT2D eigenvalue weighted by Crippen LogP contribution is 2.44. The van der Waals surface area contributed by atoms with Crippen molar-refractivity contribution in [3.8, 4) is 11.1 Å². The van der Waals surface area contributed by atoms with E-state index in [0.29, 0.717) is 22.0 Å². The van der Waals surface area contributed by atoms with E-state index in [4.69, 9.17) is 11.6 Å². The molecule has 0 aliphatic carbocycles. The van der Waals surface area contributed by atoms with E-state index in [2.05, 4.69) is 11.7 Å². The molecule has 0 bridgehead atoms. The summed E-state index contributed by atoms with van der Waals surface area (Å²) in [7, 11) is 0. The molecule has 3 aromatic rings. The minimum Gasteiger partial charge on any atom is -0.331 e. The highest BCUT2D eigenvalue weighted by atomic mass is 35.5. The second kappa shape index (κ2) is 8.41. The molecule has 1 amide bonds. The molecule has 32 heavy (non-hydrogen) atoms. The molecule has 168 valence electrons. The van der Waals surface area contributed by atoms with Gasteiger partial charge in [-0.3, -0.25) is 9.48 Å². The van der Waals surface area contributed by atoms with Crippen molar-refractivity contribution in [3.63, 3.8) is 0 Å². The lowest BCUT2D eigenvalue weighted by atomic mass is 9.83. The molecule has 4 nitrogen and oxygen atoms in total. The number of halogens is 4. The fraction of sp³-hybridized carbons (Fsp3) is 0.304. The Morgan fingerprint density at radius 1 is 1.31 bits per heavy atom. The number of nitrogens with zero attached hydrogens (tertiary/aromatic N) is 3. The highest BCUT2D eigenvalue weighted by Gasteiger charge is 2.36. The van der Waals surface area contributed by atoms with Gasteiger partial charge in [0.15, 0.2) is 5.83 Å². The van der Waals surface area contributed by atoms with Crippen molar-refractivity contribution in [2.45, 2.75) is 38.8 Å². The second-order valence-electron chi connectivity index (χ2n) is 7.79. The van der Waals surface area contributed by atoms with Crippen molar-refractivity contribution >= 4 is 28.8 Å². The van der Waals surface area contributed by atoms with Crippen molar-refractivity contribution in [2.24, 2.45) is 0 Å². The van der Waals surface area contributed by atoms with Crippen LogP contribution < -0.4 is 0 Å². The number of hydrogen-bond acceptors (Lipinski definition) is 3. The molecule has 3 heterocycles. The first-order chi connectivity index (χ1) is 15.1. The zero-order valence-corrected chi connectivity index (χ0v) is 19.1. The Balaban J connectivity index is 1.88. The molecular weight excluding hydrogens is 459 g/mol. The van der Waals surface area contributed by atoms with E-state index >= 15 is 0 Å². The van der Waals surface area contributed by atoms with E-state index in [1.165, 1.54) is 20.9 Å². The average Bonchev–Trinajstić information content (AvgIpc) is 3.35. The number of aromatic nitrogens is 2. The first kappa shape index (κ1) is 22.6. The van der Waals surface area contributed by atoms with Crippen LogP contribution in [0, 0.1) is 0 Å². The van der Waals surface area contributed by atoms with Gasteiger partial charge in [0, 0.05) is 42.6 Å². The lowest BCUT2D eigenvalue weighted by Gasteiger charge is -2.33. The van der Waals surface area contributed by atoms with Crippen LogP contribution in [-0.2, 0) is 23.8 Å². The molecule has 0 saturated carbocycles. The van der Waals surface area contributed by atoms with Crippen LogP contribution in [-0.4, -0.2) is 27.1 Å². The first-order valence-electron chi connectivity index (χ1n) is 10.1. The molecule has 0 radical (unpaired) electrons. The van der Waals surface area contributed by atoms with Gasteiger partial charge >= 0.3 is 0 Å². The fourth-order valence-corrected chi connectivity index (χ4v) is 5.48. The van der Waals surface area contributed by atoms with E-state index in [0.717, 1.165) is 22.9 Å². The van der Waals surface area contributed by atoms with E-state index in [1.807, 2.05) is 25.1 Å². The summed E-state index contributed by atoms with van der Waals surface area (Å²) in [6.45, 7) is 6.63. The summed E-state index contributed by atoms with van der Waals surface area (Å²) in [4.78, 5) is 14.6. The normalized spacial score (nSPS) is 16.2. The van der Waals surface area contributed by atoms with Crippen LogP contribution in [0.25, 0.3) is 11.1 Å². The van der Waals surface area contributed by atoms with Crippen LogP contribution in [0.5, 0.6) is 0 Å². The van der Waals surface area contributed by atoms with Crippen molar-refractivity contribution in [1.29, 1.82) is 0 Å². The maximum atomic E-state index is 14.4. The third-order valence-corrected chi connectivity index (χ3v) is 6.84. The molecule has 1 aromatic carbocycles. The Bertz CT molecular complexity index is 1200. The highest BCUT2D eigenvalue weighted by molar-refractivity contribution is 7.16. The van der Waals surface area contributed by atoms with Crippen LogP contribution in [0.2, 0.25) is 4.34 Å². The number of hydrogen-bond donors (Lipinski definition) is 0. The lowest BCUT2D eigenvalue weighted by Crippen LogP contribution is -2.38. The standard InChI is InChI=1S/C23H21ClF3N3OS/c1-4-30-11-18(21(28-30)23(3,26)27)15-8-6-5-7-14(15)17-10-29(22(31)13(2)25)12-19-16(17)9-20(24)32-19/h5-9,11,17H,2,4,10,12H2,1,3H3/t17-/m0/s1. The summed E-state index contributed by atoms with van der Waals surface area (Å²) in [5.74, 6) is -5.34. The largest absolute Gasteiger partial charge is 0.331 e. The Kier molecular flexibility index (Phi) is 5.94. The zero-order valence-electron chi connectivity index (χ0n) is 17.5. The first-order valence-corrected chi connectivity index (χ1v) is 11.3. The summed E-state index contributed by atoms with van der Waals surface area (Å²) >= 11 is 7.59.